The van der Waals surface area contributed by atoms with Crippen molar-refractivity contribution in [2.75, 3.05) is 0 Å². The Morgan fingerprint density at radius 3 is 2.39 bits per heavy atom. The van der Waals surface area contributed by atoms with E-state index in [4.69, 9.17) is 4.74 Å². The molecule has 0 atom stereocenters. The Balaban J connectivity index is 2.67. The monoisotopic (exact) mass is 248 g/mol. The molecule has 98 valence electrons. The number of ether oxygens (including phenoxy) is 1. The van der Waals surface area contributed by atoms with Gasteiger partial charge in [0.25, 0.3) is 0 Å². The van der Waals surface area contributed by atoms with Crippen molar-refractivity contribution in [1.82, 2.24) is 5.43 Å². The van der Waals surface area contributed by atoms with Crippen LogP contribution in [0.4, 0.5) is 4.79 Å². The fourth-order valence-corrected chi connectivity index (χ4v) is 1.39. The standard InChI is InChI=1S/C14H20N2O2/c1-5-12(11-9-7-6-8-10-11)15-16-13(17)18-14(2,3)4/h6-10H,5H2,1-4H3,(H,16,17)/b15-12+. The zero-order valence-electron chi connectivity index (χ0n) is 11.4. The molecule has 1 rings (SSSR count). The highest BCUT2D eigenvalue weighted by molar-refractivity contribution is 6.00. The summed E-state index contributed by atoms with van der Waals surface area (Å²) in [5, 5.41) is 4.09. The summed E-state index contributed by atoms with van der Waals surface area (Å²) in [6.07, 6.45) is 0.198. The first-order valence-electron chi connectivity index (χ1n) is 6.03. The highest BCUT2D eigenvalue weighted by atomic mass is 16.6. The molecule has 0 saturated heterocycles. The first-order valence-corrected chi connectivity index (χ1v) is 6.03. The summed E-state index contributed by atoms with van der Waals surface area (Å²) in [6, 6.07) is 9.73. The molecule has 0 unspecified atom stereocenters. The Labute approximate surface area is 108 Å². The predicted molar refractivity (Wildman–Crippen MR) is 72.6 cm³/mol. The zero-order chi connectivity index (χ0) is 13.6. The van der Waals surface area contributed by atoms with Crippen LogP contribution in [0.5, 0.6) is 0 Å². The third-order valence-corrected chi connectivity index (χ3v) is 2.12. The third kappa shape index (κ3) is 4.99. The lowest BCUT2D eigenvalue weighted by molar-refractivity contribution is 0.0529. The van der Waals surface area contributed by atoms with Crippen LogP contribution in [0.3, 0.4) is 0 Å². The molecule has 0 radical (unpaired) electrons. The van der Waals surface area contributed by atoms with Crippen molar-refractivity contribution in [3.05, 3.63) is 35.9 Å². The Morgan fingerprint density at radius 2 is 1.89 bits per heavy atom. The van der Waals surface area contributed by atoms with E-state index in [0.29, 0.717) is 0 Å². The minimum Gasteiger partial charge on any atom is -0.443 e. The summed E-state index contributed by atoms with van der Waals surface area (Å²) in [5.41, 5.74) is 3.72. The molecule has 0 spiro atoms. The van der Waals surface area contributed by atoms with Gasteiger partial charge in [-0.3, -0.25) is 0 Å². The number of carbonyl (C=O) groups excluding carboxylic acids is 1. The zero-order valence-corrected chi connectivity index (χ0v) is 11.4. The molecule has 1 aromatic carbocycles. The van der Waals surface area contributed by atoms with Crippen LogP contribution in [0, 0.1) is 0 Å². The second-order valence-electron chi connectivity index (χ2n) is 4.89. The molecule has 0 aromatic heterocycles. The van der Waals surface area contributed by atoms with Crippen molar-refractivity contribution in [2.45, 2.75) is 39.7 Å². The highest BCUT2D eigenvalue weighted by Crippen LogP contribution is 2.07. The van der Waals surface area contributed by atoms with Gasteiger partial charge in [0, 0.05) is 0 Å². The quantitative estimate of drug-likeness (QED) is 0.659. The first kappa shape index (κ1) is 14.2. The maximum absolute atomic E-state index is 11.5. The maximum Gasteiger partial charge on any atom is 0.428 e. The van der Waals surface area contributed by atoms with Gasteiger partial charge in [0.2, 0.25) is 0 Å². The van der Waals surface area contributed by atoms with Crippen LogP contribution in [0.1, 0.15) is 39.7 Å². The van der Waals surface area contributed by atoms with Gasteiger partial charge >= 0.3 is 6.09 Å². The van der Waals surface area contributed by atoms with Gasteiger partial charge in [0.05, 0.1) is 5.71 Å². The van der Waals surface area contributed by atoms with Crippen molar-refractivity contribution in [2.24, 2.45) is 5.10 Å². The van der Waals surface area contributed by atoms with Crippen molar-refractivity contribution in [3.63, 3.8) is 0 Å². The van der Waals surface area contributed by atoms with Crippen LogP contribution < -0.4 is 5.43 Å². The van der Waals surface area contributed by atoms with Crippen LogP contribution in [-0.4, -0.2) is 17.4 Å². The molecular formula is C14H20N2O2. The van der Waals surface area contributed by atoms with E-state index in [2.05, 4.69) is 10.5 Å². The number of hydrogen-bond donors (Lipinski definition) is 1. The molecule has 1 aromatic rings. The van der Waals surface area contributed by atoms with Crippen molar-refractivity contribution in [1.29, 1.82) is 0 Å². The molecule has 0 aliphatic rings. The molecule has 0 fully saturated rings. The summed E-state index contributed by atoms with van der Waals surface area (Å²) in [4.78, 5) is 11.5. The van der Waals surface area contributed by atoms with E-state index in [1.165, 1.54) is 0 Å². The molecule has 0 aliphatic heterocycles. The summed E-state index contributed by atoms with van der Waals surface area (Å²) in [7, 11) is 0. The predicted octanol–water partition coefficient (Wildman–Crippen LogP) is 3.33. The molecule has 0 saturated carbocycles. The maximum atomic E-state index is 11.5. The van der Waals surface area contributed by atoms with E-state index in [1.54, 1.807) is 0 Å². The van der Waals surface area contributed by atoms with Crippen LogP contribution in [0.25, 0.3) is 0 Å². The number of nitrogens with zero attached hydrogens (tertiary/aromatic N) is 1. The number of hydrogen-bond acceptors (Lipinski definition) is 3. The minimum absolute atomic E-state index is 0.515. The summed E-state index contributed by atoms with van der Waals surface area (Å²) in [5.74, 6) is 0. The molecule has 1 amide bonds. The molecule has 0 bridgehead atoms. The van der Waals surface area contributed by atoms with Crippen molar-refractivity contribution in [3.8, 4) is 0 Å². The van der Waals surface area contributed by atoms with E-state index in [0.717, 1.165) is 17.7 Å². The number of amides is 1. The SMILES string of the molecule is CC/C(=N\NC(=O)OC(C)(C)C)c1ccccc1. The van der Waals surface area contributed by atoms with Gasteiger partial charge < -0.3 is 4.74 Å². The number of carbonyl (C=O) groups is 1. The molecule has 1 N–H and O–H groups in total. The van der Waals surface area contributed by atoms with Crippen molar-refractivity contribution < 1.29 is 9.53 Å². The van der Waals surface area contributed by atoms with Gasteiger partial charge in [-0.05, 0) is 32.8 Å². The lowest BCUT2D eigenvalue weighted by Crippen LogP contribution is -2.30. The van der Waals surface area contributed by atoms with Gasteiger partial charge in [-0.15, -0.1) is 0 Å². The second kappa shape index (κ2) is 6.19. The Kier molecular flexibility index (Phi) is 4.89. The van der Waals surface area contributed by atoms with Crippen LogP contribution in [0.15, 0.2) is 35.4 Å². The minimum atomic E-state index is -0.538. The second-order valence-corrected chi connectivity index (χ2v) is 4.89. The lowest BCUT2D eigenvalue weighted by atomic mass is 10.1. The molecule has 0 heterocycles. The molecular weight excluding hydrogens is 228 g/mol. The first-order chi connectivity index (χ1) is 8.42. The van der Waals surface area contributed by atoms with E-state index in [9.17, 15) is 4.79 Å². The Morgan fingerprint density at radius 1 is 1.28 bits per heavy atom. The fraction of sp³-hybridized carbons (Fsp3) is 0.429. The number of nitrogens with one attached hydrogen (secondary N) is 1. The molecule has 4 nitrogen and oxygen atoms in total. The topological polar surface area (TPSA) is 50.7 Å². The molecule has 0 aliphatic carbocycles. The average Bonchev–Trinajstić information content (AvgIpc) is 2.29. The number of hydrazone groups is 1. The van der Waals surface area contributed by atoms with Gasteiger partial charge in [-0.1, -0.05) is 37.3 Å². The van der Waals surface area contributed by atoms with E-state index >= 15 is 0 Å². The van der Waals surface area contributed by atoms with E-state index < -0.39 is 11.7 Å². The van der Waals surface area contributed by atoms with E-state index in [1.807, 2.05) is 58.0 Å². The number of benzene rings is 1. The van der Waals surface area contributed by atoms with Crippen LogP contribution >= 0.6 is 0 Å². The van der Waals surface area contributed by atoms with Crippen molar-refractivity contribution >= 4 is 11.8 Å². The van der Waals surface area contributed by atoms with Crippen LogP contribution in [-0.2, 0) is 4.74 Å². The van der Waals surface area contributed by atoms with Gasteiger partial charge in [-0.2, -0.15) is 5.10 Å². The third-order valence-electron chi connectivity index (χ3n) is 2.12. The van der Waals surface area contributed by atoms with E-state index in [-0.39, 0.29) is 0 Å². The van der Waals surface area contributed by atoms with Crippen LogP contribution in [0.2, 0.25) is 0 Å². The molecule has 4 heteroatoms. The fourth-order valence-electron chi connectivity index (χ4n) is 1.39. The molecule has 18 heavy (non-hydrogen) atoms. The number of rotatable bonds is 3. The largest absolute Gasteiger partial charge is 0.443 e. The summed E-state index contributed by atoms with van der Waals surface area (Å²) < 4.78 is 5.11. The van der Waals surface area contributed by atoms with Gasteiger partial charge in [0.1, 0.15) is 5.60 Å². The summed E-state index contributed by atoms with van der Waals surface area (Å²) >= 11 is 0. The Hall–Kier alpha value is -1.84. The van der Waals surface area contributed by atoms with Gasteiger partial charge in [0.15, 0.2) is 0 Å². The van der Waals surface area contributed by atoms with Gasteiger partial charge in [-0.25, -0.2) is 10.2 Å². The Bertz CT molecular complexity index is 419. The smallest absolute Gasteiger partial charge is 0.428 e. The average molecular weight is 248 g/mol. The highest BCUT2D eigenvalue weighted by Gasteiger charge is 2.15. The normalized spacial score (nSPS) is 12.1. The lowest BCUT2D eigenvalue weighted by Gasteiger charge is -2.18. The summed E-state index contributed by atoms with van der Waals surface area (Å²) in [6.45, 7) is 7.43.